The van der Waals surface area contributed by atoms with Crippen LogP contribution in [0.3, 0.4) is 0 Å². The van der Waals surface area contributed by atoms with Gasteiger partial charge >= 0.3 is 0 Å². The Morgan fingerprint density at radius 2 is 1.58 bits per heavy atom. The first kappa shape index (κ1) is 17.7. The average molecular weight is 324 g/mol. The van der Waals surface area contributed by atoms with E-state index >= 15 is 0 Å². The predicted octanol–water partition coefficient (Wildman–Crippen LogP) is 3.49. The lowest BCUT2D eigenvalue weighted by Gasteiger charge is -2.21. The summed E-state index contributed by atoms with van der Waals surface area (Å²) in [6, 6.07) is 17.1. The second-order valence-corrected chi connectivity index (χ2v) is 6.26. The Kier molecular flexibility index (Phi) is 6.13. The SMILES string of the molecule is Cc1ccc(C(C(=O)NCC(=O)Nc2ccccc2)C(C)C)cc1. The van der Waals surface area contributed by atoms with Crippen molar-refractivity contribution in [2.75, 3.05) is 11.9 Å². The number of para-hydroxylation sites is 1. The number of aryl methyl sites for hydroxylation is 1. The molecule has 0 aliphatic carbocycles. The highest BCUT2D eigenvalue weighted by Gasteiger charge is 2.24. The first-order valence-corrected chi connectivity index (χ1v) is 8.16. The van der Waals surface area contributed by atoms with Crippen LogP contribution in [0.5, 0.6) is 0 Å². The molecule has 126 valence electrons. The molecule has 2 aromatic rings. The van der Waals surface area contributed by atoms with Crippen molar-refractivity contribution in [2.24, 2.45) is 5.92 Å². The lowest BCUT2D eigenvalue weighted by molar-refractivity contribution is -0.126. The van der Waals surface area contributed by atoms with E-state index in [4.69, 9.17) is 0 Å². The summed E-state index contributed by atoms with van der Waals surface area (Å²) in [5.41, 5.74) is 2.84. The molecule has 0 bridgehead atoms. The van der Waals surface area contributed by atoms with Crippen molar-refractivity contribution in [3.63, 3.8) is 0 Å². The highest BCUT2D eigenvalue weighted by Crippen LogP contribution is 2.24. The monoisotopic (exact) mass is 324 g/mol. The first-order chi connectivity index (χ1) is 11.5. The standard InChI is InChI=1S/C20H24N2O2/c1-14(2)19(16-11-9-15(3)10-12-16)20(24)21-13-18(23)22-17-7-5-4-6-8-17/h4-12,14,19H,13H2,1-3H3,(H,21,24)(H,22,23). The zero-order chi connectivity index (χ0) is 17.5. The van der Waals surface area contributed by atoms with Crippen molar-refractivity contribution >= 4 is 17.5 Å². The number of anilines is 1. The number of rotatable bonds is 6. The Morgan fingerprint density at radius 3 is 2.17 bits per heavy atom. The number of amides is 2. The molecule has 0 aliphatic rings. The van der Waals surface area contributed by atoms with Crippen molar-refractivity contribution in [1.82, 2.24) is 5.32 Å². The maximum atomic E-state index is 12.5. The molecule has 2 rings (SSSR count). The Labute approximate surface area is 143 Å². The van der Waals surface area contributed by atoms with Crippen LogP contribution in [-0.2, 0) is 9.59 Å². The van der Waals surface area contributed by atoms with Crippen LogP contribution in [0.15, 0.2) is 54.6 Å². The smallest absolute Gasteiger partial charge is 0.243 e. The zero-order valence-corrected chi connectivity index (χ0v) is 14.4. The molecule has 2 aromatic carbocycles. The van der Waals surface area contributed by atoms with E-state index in [0.29, 0.717) is 0 Å². The van der Waals surface area contributed by atoms with Gasteiger partial charge in [-0.15, -0.1) is 0 Å². The van der Waals surface area contributed by atoms with E-state index in [-0.39, 0.29) is 30.2 Å². The van der Waals surface area contributed by atoms with Crippen LogP contribution in [0.2, 0.25) is 0 Å². The summed E-state index contributed by atoms with van der Waals surface area (Å²) in [7, 11) is 0. The predicted molar refractivity (Wildman–Crippen MR) is 96.8 cm³/mol. The van der Waals surface area contributed by atoms with E-state index in [1.807, 2.05) is 75.4 Å². The van der Waals surface area contributed by atoms with Crippen molar-refractivity contribution in [1.29, 1.82) is 0 Å². The van der Waals surface area contributed by atoms with Gasteiger partial charge in [-0.2, -0.15) is 0 Å². The molecule has 0 saturated carbocycles. The molecule has 0 spiro atoms. The van der Waals surface area contributed by atoms with E-state index < -0.39 is 0 Å². The molecule has 0 fully saturated rings. The summed E-state index contributed by atoms with van der Waals surface area (Å²) >= 11 is 0. The zero-order valence-electron chi connectivity index (χ0n) is 14.4. The van der Waals surface area contributed by atoms with Crippen molar-refractivity contribution in [3.8, 4) is 0 Å². The van der Waals surface area contributed by atoms with Crippen LogP contribution in [0.25, 0.3) is 0 Å². The molecule has 2 N–H and O–H groups in total. The number of carbonyl (C=O) groups is 2. The van der Waals surface area contributed by atoms with Crippen LogP contribution in [0, 0.1) is 12.8 Å². The first-order valence-electron chi connectivity index (χ1n) is 8.16. The van der Waals surface area contributed by atoms with Crippen molar-refractivity contribution < 1.29 is 9.59 Å². The largest absolute Gasteiger partial charge is 0.346 e. The Morgan fingerprint density at radius 1 is 0.958 bits per heavy atom. The van der Waals surface area contributed by atoms with E-state index in [1.54, 1.807) is 0 Å². The van der Waals surface area contributed by atoms with Gasteiger partial charge in [-0.3, -0.25) is 9.59 Å². The molecule has 4 nitrogen and oxygen atoms in total. The summed E-state index contributed by atoms with van der Waals surface area (Å²) in [6.07, 6.45) is 0. The van der Waals surface area contributed by atoms with Gasteiger partial charge in [0.05, 0.1) is 12.5 Å². The number of hydrogen-bond acceptors (Lipinski definition) is 2. The maximum Gasteiger partial charge on any atom is 0.243 e. The number of nitrogens with one attached hydrogen (secondary N) is 2. The summed E-state index contributed by atoms with van der Waals surface area (Å²) in [5, 5.41) is 5.51. The molecule has 0 aromatic heterocycles. The van der Waals surface area contributed by atoms with Crippen LogP contribution in [0.4, 0.5) is 5.69 Å². The average Bonchev–Trinajstić information content (AvgIpc) is 2.55. The quantitative estimate of drug-likeness (QED) is 0.854. The number of benzene rings is 2. The van der Waals surface area contributed by atoms with Gasteiger partial charge in [0.1, 0.15) is 0 Å². The van der Waals surface area contributed by atoms with Crippen LogP contribution >= 0.6 is 0 Å². The minimum absolute atomic E-state index is 0.0389. The van der Waals surface area contributed by atoms with Crippen LogP contribution < -0.4 is 10.6 Å². The van der Waals surface area contributed by atoms with Gasteiger partial charge in [-0.25, -0.2) is 0 Å². The molecule has 24 heavy (non-hydrogen) atoms. The second kappa shape index (κ2) is 8.29. The Hall–Kier alpha value is -2.62. The van der Waals surface area contributed by atoms with Crippen molar-refractivity contribution in [3.05, 3.63) is 65.7 Å². The van der Waals surface area contributed by atoms with E-state index in [9.17, 15) is 9.59 Å². The van der Waals surface area contributed by atoms with Crippen molar-refractivity contribution in [2.45, 2.75) is 26.7 Å². The topological polar surface area (TPSA) is 58.2 Å². The Bertz CT molecular complexity index is 679. The van der Waals surface area contributed by atoms with Gasteiger partial charge in [0.15, 0.2) is 0 Å². The minimum Gasteiger partial charge on any atom is -0.346 e. The molecular formula is C20H24N2O2. The molecular weight excluding hydrogens is 300 g/mol. The molecule has 4 heteroatoms. The highest BCUT2D eigenvalue weighted by atomic mass is 16.2. The van der Waals surface area contributed by atoms with E-state index in [0.717, 1.165) is 16.8 Å². The molecule has 1 atom stereocenters. The third-order valence-electron chi connectivity index (χ3n) is 3.87. The fraction of sp³-hybridized carbons (Fsp3) is 0.300. The minimum atomic E-state index is -0.268. The van der Waals surface area contributed by atoms with Gasteiger partial charge in [0.25, 0.3) is 0 Å². The number of hydrogen-bond donors (Lipinski definition) is 2. The fourth-order valence-corrected chi connectivity index (χ4v) is 2.62. The molecule has 0 aliphatic heterocycles. The van der Waals surface area contributed by atoms with Gasteiger partial charge < -0.3 is 10.6 Å². The van der Waals surface area contributed by atoms with Gasteiger partial charge in [-0.05, 0) is 30.5 Å². The summed E-state index contributed by atoms with van der Waals surface area (Å²) in [5.74, 6) is -0.488. The normalized spacial score (nSPS) is 11.8. The number of carbonyl (C=O) groups excluding carboxylic acids is 2. The third-order valence-corrected chi connectivity index (χ3v) is 3.87. The van der Waals surface area contributed by atoms with Gasteiger partial charge in [0, 0.05) is 5.69 Å². The van der Waals surface area contributed by atoms with Gasteiger partial charge in [-0.1, -0.05) is 61.9 Å². The third kappa shape index (κ3) is 4.95. The summed E-state index contributed by atoms with van der Waals surface area (Å²) in [6.45, 7) is 5.99. The molecule has 2 amide bonds. The highest BCUT2D eigenvalue weighted by molar-refractivity contribution is 5.95. The molecule has 0 heterocycles. The maximum absolute atomic E-state index is 12.5. The molecule has 0 saturated heterocycles. The second-order valence-electron chi connectivity index (χ2n) is 6.26. The molecule has 1 unspecified atom stereocenters. The summed E-state index contributed by atoms with van der Waals surface area (Å²) in [4.78, 5) is 24.5. The molecule has 0 radical (unpaired) electrons. The fourth-order valence-electron chi connectivity index (χ4n) is 2.62. The Balaban J connectivity index is 1.96. The van der Waals surface area contributed by atoms with Crippen LogP contribution in [-0.4, -0.2) is 18.4 Å². The lowest BCUT2D eigenvalue weighted by atomic mass is 9.87. The van der Waals surface area contributed by atoms with E-state index in [2.05, 4.69) is 10.6 Å². The summed E-state index contributed by atoms with van der Waals surface area (Å²) < 4.78 is 0. The van der Waals surface area contributed by atoms with Crippen LogP contribution in [0.1, 0.15) is 30.9 Å². The lowest BCUT2D eigenvalue weighted by Crippen LogP contribution is -2.37. The van der Waals surface area contributed by atoms with Gasteiger partial charge in [0.2, 0.25) is 11.8 Å². The van der Waals surface area contributed by atoms with E-state index in [1.165, 1.54) is 0 Å².